The lowest BCUT2D eigenvalue weighted by molar-refractivity contribution is -0.201. The molecule has 4 aliphatic rings. The molecule has 2 saturated heterocycles. The number of likely N-dealkylation sites (tertiary alicyclic amines) is 1. The number of aryl methyl sites for hydroxylation is 1. The largest absolute Gasteiger partial charge is 0.474 e. The van der Waals surface area contributed by atoms with Crippen molar-refractivity contribution in [2.75, 3.05) is 26.3 Å². The van der Waals surface area contributed by atoms with Gasteiger partial charge in [0.1, 0.15) is 17.3 Å². The van der Waals surface area contributed by atoms with Gasteiger partial charge in [0.2, 0.25) is 5.88 Å². The Bertz CT molecular complexity index is 877. The summed E-state index contributed by atoms with van der Waals surface area (Å²) in [6.07, 6.45) is 10.4. The molecule has 4 heterocycles. The Hall–Kier alpha value is -1.24. The number of ether oxygens (including phenoxy) is 2. The van der Waals surface area contributed by atoms with Gasteiger partial charge in [0.15, 0.2) is 0 Å². The summed E-state index contributed by atoms with van der Waals surface area (Å²) < 4.78 is 11.9. The van der Waals surface area contributed by atoms with Gasteiger partial charge in [-0.3, -0.25) is 4.90 Å². The molecule has 2 aromatic heterocycles. The molecule has 6 heteroatoms. The van der Waals surface area contributed by atoms with Crippen molar-refractivity contribution in [1.29, 1.82) is 0 Å². The molecular weight excluding hydrogens is 370 g/mol. The minimum atomic E-state index is 0.300. The Labute approximate surface area is 170 Å². The van der Waals surface area contributed by atoms with Gasteiger partial charge in [-0.05, 0) is 56.4 Å². The average molecular weight is 400 g/mol. The van der Waals surface area contributed by atoms with Crippen molar-refractivity contribution < 1.29 is 9.47 Å². The van der Waals surface area contributed by atoms with Crippen molar-refractivity contribution in [3.63, 3.8) is 0 Å². The van der Waals surface area contributed by atoms with E-state index < -0.39 is 0 Å². The van der Waals surface area contributed by atoms with Crippen LogP contribution in [-0.4, -0.2) is 53.3 Å². The van der Waals surface area contributed by atoms with Crippen molar-refractivity contribution in [2.24, 2.45) is 5.41 Å². The molecule has 0 aromatic carbocycles. The van der Waals surface area contributed by atoms with Gasteiger partial charge in [-0.2, -0.15) is 0 Å². The van der Waals surface area contributed by atoms with Crippen LogP contribution in [0.15, 0.2) is 6.33 Å². The van der Waals surface area contributed by atoms with E-state index in [1.807, 2.05) is 11.3 Å². The summed E-state index contributed by atoms with van der Waals surface area (Å²) in [6.45, 7) is 6.75. The van der Waals surface area contributed by atoms with Crippen molar-refractivity contribution >= 4 is 21.6 Å². The fourth-order valence-corrected chi connectivity index (χ4v) is 7.10. The molecule has 2 aromatic rings. The van der Waals surface area contributed by atoms with Crippen LogP contribution in [0.5, 0.6) is 5.88 Å². The predicted octanol–water partition coefficient (Wildman–Crippen LogP) is 4.15. The molecule has 0 unspecified atom stereocenters. The molecule has 0 amide bonds. The maximum absolute atomic E-state index is 6.52. The van der Waals surface area contributed by atoms with E-state index in [2.05, 4.69) is 21.8 Å². The number of hydrogen-bond acceptors (Lipinski definition) is 6. The fourth-order valence-electron chi connectivity index (χ4n) is 5.87. The first kappa shape index (κ1) is 17.6. The molecule has 5 nitrogen and oxygen atoms in total. The van der Waals surface area contributed by atoms with Crippen LogP contribution in [0.4, 0.5) is 0 Å². The molecule has 6 rings (SSSR count). The number of aromatic nitrogens is 2. The third-order valence-corrected chi connectivity index (χ3v) is 8.69. The first-order chi connectivity index (χ1) is 13.7. The standard InChI is InChI=1S/C22H29N3O2S/c1-2-14-3-8-17-18(14)19-20(23-13-24-21(19)28-17)27-16-6-4-15(5-7-16)25-9-22(10-25)11-26-12-22/h13-16H,2-12H2,1H3/t14-,15-,16-/m0/s1. The van der Waals surface area contributed by atoms with Crippen molar-refractivity contribution in [3.05, 3.63) is 16.8 Å². The molecule has 1 spiro atoms. The van der Waals surface area contributed by atoms with Crippen LogP contribution < -0.4 is 4.74 Å². The predicted molar refractivity (Wildman–Crippen MR) is 110 cm³/mol. The summed E-state index contributed by atoms with van der Waals surface area (Å²) in [5, 5.41) is 1.23. The van der Waals surface area contributed by atoms with E-state index in [0.29, 0.717) is 17.4 Å². The van der Waals surface area contributed by atoms with Crippen LogP contribution in [0.25, 0.3) is 10.2 Å². The van der Waals surface area contributed by atoms with Crippen LogP contribution in [0, 0.1) is 5.41 Å². The summed E-state index contributed by atoms with van der Waals surface area (Å²) in [6, 6.07) is 0.742. The number of hydrogen-bond donors (Lipinski definition) is 0. The van der Waals surface area contributed by atoms with Gasteiger partial charge in [-0.25, -0.2) is 9.97 Å². The first-order valence-corrected chi connectivity index (χ1v) is 11.8. The summed E-state index contributed by atoms with van der Waals surface area (Å²) >= 11 is 1.86. The topological polar surface area (TPSA) is 47.5 Å². The van der Waals surface area contributed by atoms with Gasteiger partial charge in [-0.15, -0.1) is 11.3 Å². The highest BCUT2D eigenvalue weighted by Gasteiger charge is 2.50. The lowest BCUT2D eigenvalue weighted by atomic mass is 9.75. The second kappa shape index (κ2) is 6.64. The zero-order valence-electron chi connectivity index (χ0n) is 16.7. The zero-order valence-corrected chi connectivity index (χ0v) is 17.5. The lowest BCUT2D eigenvalue weighted by Gasteiger charge is -2.58. The summed E-state index contributed by atoms with van der Waals surface area (Å²) in [5.74, 6) is 1.50. The number of nitrogens with zero attached hydrogens (tertiary/aromatic N) is 3. The minimum absolute atomic E-state index is 0.300. The van der Waals surface area contributed by atoms with Gasteiger partial charge in [-0.1, -0.05) is 6.92 Å². The maximum atomic E-state index is 6.52. The van der Waals surface area contributed by atoms with E-state index in [1.54, 1.807) is 6.33 Å². The van der Waals surface area contributed by atoms with E-state index in [-0.39, 0.29) is 0 Å². The Morgan fingerprint density at radius 2 is 2.00 bits per heavy atom. The van der Waals surface area contributed by atoms with Crippen LogP contribution in [0.2, 0.25) is 0 Å². The van der Waals surface area contributed by atoms with Gasteiger partial charge >= 0.3 is 0 Å². The molecular formula is C22H29N3O2S. The summed E-state index contributed by atoms with van der Waals surface area (Å²) in [5.41, 5.74) is 2.02. The van der Waals surface area contributed by atoms with Gasteiger partial charge in [0.25, 0.3) is 0 Å². The lowest BCUT2D eigenvalue weighted by Crippen LogP contribution is -2.68. The summed E-state index contributed by atoms with van der Waals surface area (Å²) in [4.78, 5) is 14.5. The minimum Gasteiger partial charge on any atom is -0.474 e. The van der Waals surface area contributed by atoms with E-state index in [9.17, 15) is 0 Å². The van der Waals surface area contributed by atoms with Crippen molar-refractivity contribution in [3.8, 4) is 5.88 Å². The Morgan fingerprint density at radius 3 is 2.71 bits per heavy atom. The molecule has 1 atom stereocenters. The maximum Gasteiger partial charge on any atom is 0.225 e. The zero-order chi connectivity index (χ0) is 18.7. The summed E-state index contributed by atoms with van der Waals surface area (Å²) in [7, 11) is 0. The Balaban J connectivity index is 1.15. The second-order valence-electron chi connectivity index (χ2n) is 9.39. The number of thiophene rings is 1. The highest BCUT2D eigenvalue weighted by molar-refractivity contribution is 7.19. The van der Waals surface area contributed by atoms with E-state index in [0.717, 1.165) is 42.8 Å². The van der Waals surface area contributed by atoms with Crippen molar-refractivity contribution in [2.45, 2.75) is 69.9 Å². The quantitative estimate of drug-likeness (QED) is 0.773. The van der Waals surface area contributed by atoms with Crippen LogP contribution >= 0.6 is 11.3 Å². The molecule has 3 fully saturated rings. The number of fused-ring (bicyclic) bond motifs is 3. The Kier molecular flexibility index (Phi) is 4.18. The van der Waals surface area contributed by atoms with E-state index in [1.165, 1.54) is 61.0 Å². The van der Waals surface area contributed by atoms with Gasteiger partial charge in [0, 0.05) is 29.4 Å². The molecule has 0 radical (unpaired) electrons. The molecule has 150 valence electrons. The van der Waals surface area contributed by atoms with Crippen LogP contribution in [-0.2, 0) is 11.2 Å². The smallest absolute Gasteiger partial charge is 0.225 e. The van der Waals surface area contributed by atoms with Gasteiger partial charge in [0.05, 0.1) is 18.6 Å². The van der Waals surface area contributed by atoms with E-state index in [4.69, 9.17) is 9.47 Å². The molecule has 2 aliphatic carbocycles. The normalized spacial score (nSPS) is 31.5. The third-order valence-electron chi connectivity index (χ3n) is 7.52. The molecule has 1 saturated carbocycles. The first-order valence-electron chi connectivity index (χ1n) is 11.0. The van der Waals surface area contributed by atoms with Crippen LogP contribution in [0.1, 0.15) is 61.8 Å². The molecule has 0 bridgehead atoms. The highest BCUT2D eigenvalue weighted by atomic mass is 32.1. The fraction of sp³-hybridized carbons (Fsp3) is 0.727. The molecule has 0 N–H and O–H groups in total. The van der Waals surface area contributed by atoms with Crippen LogP contribution in [0.3, 0.4) is 0 Å². The molecule has 28 heavy (non-hydrogen) atoms. The monoisotopic (exact) mass is 399 g/mol. The average Bonchev–Trinajstić information content (AvgIpc) is 3.20. The van der Waals surface area contributed by atoms with E-state index >= 15 is 0 Å². The van der Waals surface area contributed by atoms with Crippen molar-refractivity contribution in [1.82, 2.24) is 14.9 Å². The Morgan fingerprint density at radius 1 is 1.18 bits per heavy atom. The van der Waals surface area contributed by atoms with Gasteiger partial charge < -0.3 is 9.47 Å². The molecule has 2 aliphatic heterocycles. The highest BCUT2D eigenvalue weighted by Crippen LogP contribution is 2.47. The third kappa shape index (κ3) is 2.71. The SMILES string of the molecule is CC[C@H]1CCc2sc3ncnc(O[C@H]4CC[C@H](N5CC6(COC6)C5)CC4)c3c21. The number of rotatable bonds is 4. The second-order valence-corrected chi connectivity index (χ2v) is 10.5.